The number of unbranched alkanes of at least 4 members (excludes halogenated alkanes) is 2. The Morgan fingerprint density at radius 2 is 1.89 bits per heavy atom. The minimum atomic E-state index is 0.799. The van der Waals surface area contributed by atoms with Gasteiger partial charge in [0.2, 0.25) is 0 Å². The van der Waals surface area contributed by atoms with Crippen LogP contribution < -0.4 is 10.1 Å². The number of hydrogen-bond acceptors (Lipinski definition) is 3. The summed E-state index contributed by atoms with van der Waals surface area (Å²) in [5.74, 6) is 2.27. The fourth-order valence-electron chi connectivity index (χ4n) is 1.83. The number of hydrogen-bond donors (Lipinski definition) is 1. The van der Waals surface area contributed by atoms with Gasteiger partial charge in [-0.1, -0.05) is 25.5 Å². The molecule has 0 radical (unpaired) electrons. The number of nitrogens with one attached hydrogen (secondary N) is 1. The number of benzene rings is 1. The molecule has 0 unspecified atom stereocenters. The Hall–Kier alpha value is -0.670. The summed E-state index contributed by atoms with van der Waals surface area (Å²) in [5, 5.41) is 3.49. The van der Waals surface area contributed by atoms with E-state index in [9.17, 15) is 0 Å². The average Bonchev–Trinajstić information content (AvgIpc) is 2.45. The van der Waals surface area contributed by atoms with Crippen LogP contribution in [0.25, 0.3) is 0 Å². The van der Waals surface area contributed by atoms with Crippen LogP contribution in [0.5, 0.6) is 5.75 Å². The molecule has 0 bridgehead atoms. The molecule has 0 atom stereocenters. The van der Waals surface area contributed by atoms with Crippen molar-refractivity contribution in [2.24, 2.45) is 0 Å². The smallest absolute Gasteiger partial charge is 0.119 e. The van der Waals surface area contributed by atoms with Crippen molar-refractivity contribution in [3.05, 3.63) is 29.8 Å². The van der Waals surface area contributed by atoms with Crippen molar-refractivity contribution in [1.29, 1.82) is 0 Å². The topological polar surface area (TPSA) is 21.3 Å². The highest BCUT2D eigenvalue weighted by Gasteiger charge is 1.95. The van der Waals surface area contributed by atoms with Crippen LogP contribution in [0.1, 0.15) is 38.2 Å². The van der Waals surface area contributed by atoms with E-state index >= 15 is 0 Å². The lowest BCUT2D eigenvalue weighted by atomic mass is 10.2. The number of ether oxygens (including phenoxy) is 1. The summed E-state index contributed by atoms with van der Waals surface area (Å²) in [6.45, 7) is 4.99. The van der Waals surface area contributed by atoms with Gasteiger partial charge >= 0.3 is 0 Å². The van der Waals surface area contributed by atoms with Crippen LogP contribution in [0.4, 0.5) is 0 Å². The third kappa shape index (κ3) is 8.17. The van der Waals surface area contributed by atoms with E-state index in [2.05, 4.69) is 42.8 Å². The summed E-state index contributed by atoms with van der Waals surface area (Å²) >= 11 is 1.94. The van der Waals surface area contributed by atoms with Crippen molar-refractivity contribution < 1.29 is 4.74 Å². The molecule has 1 aromatic carbocycles. The van der Waals surface area contributed by atoms with E-state index in [0.717, 1.165) is 31.9 Å². The molecule has 0 aliphatic carbocycles. The molecular formula is C16H27NOS. The molecule has 0 spiro atoms. The Morgan fingerprint density at radius 1 is 1.11 bits per heavy atom. The van der Waals surface area contributed by atoms with Gasteiger partial charge in [0.25, 0.3) is 0 Å². The van der Waals surface area contributed by atoms with E-state index in [4.69, 9.17) is 4.74 Å². The van der Waals surface area contributed by atoms with Gasteiger partial charge in [0, 0.05) is 6.54 Å². The van der Waals surface area contributed by atoms with Crippen LogP contribution in [0, 0.1) is 0 Å². The molecule has 3 heteroatoms. The molecule has 108 valence electrons. The standard InChI is InChI=1S/C16H27NOS/c1-3-12-18-16-9-7-15(8-10-16)14-17-11-5-4-6-13-19-2/h7-10,17H,3-6,11-14H2,1-2H3. The van der Waals surface area contributed by atoms with Gasteiger partial charge in [-0.25, -0.2) is 0 Å². The van der Waals surface area contributed by atoms with Gasteiger partial charge in [0.1, 0.15) is 5.75 Å². The second kappa shape index (κ2) is 11.2. The Balaban J connectivity index is 2.09. The predicted molar refractivity (Wildman–Crippen MR) is 86.2 cm³/mol. The maximum Gasteiger partial charge on any atom is 0.119 e. The molecule has 1 aromatic rings. The first-order valence-electron chi connectivity index (χ1n) is 7.28. The molecule has 1 N–H and O–H groups in total. The molecule has 19 heavy (non-hydrogen) atoms. The van der Waals surface area contributed by atoms with Gasteiger partial charge in [-0.05, 0) is 55.5 Å². The molecule has 0 aromatic heterocycles. The van der Waals surface area contributed by atoms with Crippen molar-refractivity contribution in [3.63, 3.8) is 0 Å². The first-order chi connectivity index (χ1) is 9.36. The van der Waals surface area contributed by atoms with E-state index < -0.39 is 0 Å². The van der Waals surface area contributed by atoms with E-state index in [-0.39, 0.29) is 0 Å². The Labute approximate surface area is 122 Å². The Morgan fingerprint density at radius 3 is 2.58 bits per heavy atom. The largest absolute Gasteiger partial charge is 0.494 e. The van der Waals surface area contributed by atoms with Crippen LogP contribution in [0.2, 0.25) is 0 Å². The van der Waals surface area contributed by atoms with Gasteiger partial charge < -0.3 is 10.1 Å². The highest BCUT2D eigenvalue weighted by Crippen LogP contribution is 2.12. The monoisotopic (exact) mass is 281 g/mol. The SMILES string of the molecule is CCCOc1ccc(CNCCCCCSC)cc1. The molecule has 0 heterocycles. The highest BCUT2D eigenvalue weighted by atomic mass is 32.2. The third-order valence-corrected chi connectivity index (χ3v) is 3.62. The van der Waals surface area contributed by atoms with Crippen LogP contribution in [0.15, 0.2) is 24.3 Å². The number of rotatable bonds is 11. The van der Waals surface area contributed by atoms with Crippen molar-refractivity contribution in [2.75, 3.05) is 25.2 Å². The summed E-state index contributed by atoms with van der Waals surface area (Å²) in [6.07, 6.45) is 7.17. The van der Waals surface area contributed by atoms with Crippen LogP contribution in [-0.2, 0) is 6.54 Å². The quantitative estimate of drug-likeness (QED) is 0.617. The fourth-order valence-corrected chi connectivity index (χ4v) is 2.32. The molecule has 0 amide bonds. The second-order valence-corrected chi connectivity index (χ2v) is 5.71. The van der Waals surface area contributed by atoms with Crippen LogP contribution >= 0.6 is 11.8 Å². The summed E-state index contributed by atoms with van der Waals surface area (Å²) < 4.78 is 5.57. The molecule has 0 aliphatic heterocycles. The first-order valence-corrected chi connectivity index (χ1v) is 8.67. The van der Waals surface area contributed by atoms with Crippen molar-refractivity contribution >= 4 is 11.8 Å². The molecule has 0 saturated carbocycles. The van der Waals surface area contributed by atoms with E-state index in [1.807, 2.05) is 11.8 Å². The zero-order valence-corrected chi connectivity index (χ0v) is 13.1. The van der Waals surface area contributed by atoms with E-state index in [1.165, 1.54) is 30.6 Å². The minimum absolute atomic E-state index is 0.799. The minimum Gasteiger partial charge on any atom is -0.494 e. The zero-order valence-electron chi connectivity index (χ0n) is 12.3. The lowest BCUT2D eigenvalue weighted by Crippen LogP contribution is -2.14. The van der Waals surface area contributed by atoms with Gasteiger partial charge in [-0.15, -0.1) is 0 Å². The third-order valence-electron chi connectivity index (χ3n) is 2.93. The van der Waals surface area contributed by atoms with Crippen molar-refractivity contribution in [1.82, 2.24) is 5.32 Å². The highest BCUT2D eigenvalue weighted by molar-refractivity contribution is 7.98. The second-order valence-electron chi connectivity index (χ2n) is 4.72. The van der Waals surface area contributed by atoms with Gasteiger partial charge in [-0.3, -0.25) is 0 Å². The average molecular weight is 281 g/mol. The normalized spacial score (nSPS) is 10.6. The Bertz CT molecular complexity index is 313. The molecule has 0 saturated heterocycles. The van der Waals surface area contributed by atoms with Crippen molar-refractivity contribution in [2.45, 2.75) is 39.2 Å². The maximum absolute atomic E-state index is 5.57. The maximum atomic E-state index is 5.57. The van der Waals surface area contributed by atoms with E-state index in [1.54, 1.807) is 0 Å². The summed E-state index contributed by atoms with van der Waals surface area (Å²) in [6, 6.07) is 8.41. The lowest BCUT2D eigenvalue weighted by Gasteiger charge is -2.07. The van der Waals surface area contributed by atoms with Crippen molar-refractivity contribution in [3.8, 4) is 5.75 Å². The molecule has 0 aliphatic rings. The van der Waals surface area contributed by atoms with Gasteiger partial charge in [0.05, 0.1) is 6.61 Å². The van der Waals surface area contributed by atoms with E-state index in [0.29, 0.717) is 0 Å². The van der Waals surface area contributed by atoms with Crippen LogP contribution in [-0.4, -0.2) is 25.2 Å². The lowest BCUT2D eigenvalue weighted by molar-refractivity contribution is 0.317. The zero-order chi connectivity index (χ0) is 13.8. The summed E-state index contributed by atoms with van der Waals surface area (Å²) in [4.78, 5) is 0. The fraction of sp³-hybridized carbons (Fsp3) is 0.625. The molecular weight excluding hydrogens is 254 g/mol. The molecule has 0 fully saturated rings. The Kier molecular flexibility index (Phi) is 9.64. The summed E-state index contributed by atoms with van der Waals surface area (Å²) in [7, 11) is 0. The molecule has 1 rings (SSSR count). The van der Waals surface area contributed by atoms with Gasteiger partial charge in [0.15, 0.2) is 0 Å². The summed E-state index contributed by atoms with van der Waals surface area (Å²) in [5.41, 5.74) is 1.33. The first kappa shape index (κ1) is 16.4. The molecule has 2 nitrogen and oxygen atoms in total. The van der Waals surface area contributed by atoms with Gasteiger partial charge in [-0.2, -0.15) is 11.8 Å². The predicted octanol–water partition coefficient (Wildman–Crippen LogP) is 4.10. The number of thioether (sulfide) groups is 1. The van der Waals surface area contributed by atoms with Crippen LogP contribution in [0.3, 0.4) is 0 Å².